The van der Waals surface area contributed by atoms with Crippen LogP contribution in [-0.2, 0) is 16.3 Å². The van der Waals surface area contributed by atoms with Gasteiger partial charge >= 0.3 is 0 Å². The molecule has 0 saturated heterocycles. The molecule has 2 heterocycles. The number of nitrogens with one attached hydrogen (secondary N) is 1. The molecule has 0 bridgehead atoms. The highest BCUT2D eigenvalue weighted by Crippen LogP contribution is 2.36. The molecule has 2 aromatic heterocycles. The van der Waals surface area contributed by atoms with Gasteiger partial charge in [0, 0.05) is 29.2 Å². The minimum atomic E-state index is -3.31. The van der Waals surface area contributed by atoms with E-state index in [-0.39, 0.29) is 10.8 Å². The molecule has 2 N–H and O–H groups in total. The monoisotopic (exact) mass is 528 g/mol. The summed E-state index contributed by atoms with van der Waals surface area (Å²) in [5.41, 5.74) is 5.81. The summed E-state index contributed by atoms with van der Waals surface area (Å²) in [7, 11) is -3.31. The smallest absolute Gasteiger partial charge is 0.220 e. The van der Waals surface area contributed by atoms with Crippen molar-refractivity contribution in [2.75, 3.05) is 6.26 Å². The van der Waals surface area contributed by atoms with Gasteiger partial charge in [0.1, 0.15) is 5.69 Å². The van der Waals surface area contributed by atoms with Crippen molar-refractivity contribution in [1.82, 2.24) is 14.8 Å². The average Bonchev–Trinajstić information content (AvgIpc) is 3.50. The van der Waals surface area contributed by atoms with Crippen molar-refractivity contribution in [3.05, 3.63) is 101 Å². The molecule has 5 aromatic rings. The third kappa shape index (κ3) is 5.09. The molecule has 0 atom stereocenters. The molecule has 7 nitrogen and oxygen atoms in total. The van der Waals surface area contributed by atoms with E-state index in [1.807, 2.05) is 54.6 Å². The maximum atomic E-state index is 11.9. The highest BCUT2D eigenvalue weighted by molar-refractivity contribution is 7.90. The number of hydrogen-bond acceptors (Lipinski definition) is 7. The molecule has 5 rings (SSSR count). The lowest BCUT2D eigenvalue weighted by molar-refractivity contribution is 0.428. The van der Waals surface area contributed by atoms with E-state index in [9.17, 15) is 13.5 Å². The summed E-state index contributed by atoms with van der Waals surface area (Å²) in [5.74, 6) is -0.0455. The zero-order valence-electron chi connectivity index (χ0n) is 20.2. The molecule has 186 valence electrons. The van der Waals surface area contributed by atoms with Crippen molar-refractivity contribution in [3.8, 4) is 33.4 Å². The fourth-order valence-corrected chi connectivity index (χ4v) is 5.49. The predicted molar refractivity (Wildman–Crippen MR) is 147 cm³/mol. The normalized spacial score (nSPS) is 11.5. The average molecular weight is 529 g/mol. The molecular weight excluding hydrogens is 504 g/mol. The standard InChI is InChI=1S/C28H24N4O3S2/c1-18(29)25-17-36-28(30-25)32-27(33)24(15-19-11-13-23(14-12-19)37(2,34)35)26(31-32)22-10-6-9-21(16-22)20-7-4-3-5-8-20/h3-14,16-17,29,33H,15H2,1-2H3. The molecule has 0 aliphatic heterocycles. The maximum absolute atomic E-state index is 11.9. The van der Waals surface area contributed by atoms with Gasteiger partial charge in [0.2, 0.25) is 11.0 Å². The van der Waals surface area contributed by atoms with E-state index in [1.165, 1.54) is 22.3 Å². The SMILES string of the molecule is CC(=N)c1csc(-n2nc(-c3cccc(-c4ccccc4)c3)c(Cc3ccc(S(C)(=O)=O)cc3)c2O)n1. The summed E-state index contributed by atoms with van der Waals surface area (Å²) in [6.45, 7) is 1.66. The van der Waals surface area contributed by atoms with Gasteiger partial charge in [-0.2, -0.15) is 9.78 Å². The maximum Gasteiger partial charge on any atom is 0.220 e. The summed E-state index contributed by atoms with van der Waals surface area (Å²) in [6.07, 6.45) is 1.51. The highest BCUT2D eigenvalue weighted by atomic mass is 32.2. The number of benzene rings is 3. The quantitative estimate of drug-likeness (QED) is 0.262. The van der Waals surface area contributed by atoms with E-state index in [4.69, 9.17) is 10.5 Å². The molecular formula is C28H24N4O3S2. The van der Waals surface area contributed by atoms with E-state index in [1.54, 1.807) is 36.6 Å². The van der Waals surface area contributed by atoms with Crippen molar-refractivity contribution >= 4 is 26.9 Å². The molecule has 0 amide bonds. The summed E-state index contributed by atoms with van der Waals surface area (Å²) >= 11 is 1.30. The van der Waals surface area contributed by atoms with Crippen LogP contribution in [0.4, 0.5) is 0 Å². The van der Waals surface area contributed by atoms with Crippen LogP contribution >= 0.6 is 11.3 Å². The first-order valence-electron chi connectivity index (χ1n) is 11.5. The number of nitrogens with zero attached hydrogens (tertiary/aromatic N) is 3. The molecule has 0 aliphatic rings. The molecule has 9 heteroatoms. The Morgan fingerprint density at radius 1 is 0.973 bits per heavy atom. The Labute approximate surface area is 219 Å². The topological polar surface area (TPSA) is 109 Å². The van der Waals surface area contributed by atoms with Crippen LogP contribution < -0.4 is 0 Å². The largest absolute Gasteiger partial charge is 0.493 e. The first-order chi connectivity index (χ1) is 17.7. The number of aromatic nitrogens is 3. The van der Waals surface area contributed by atoms with Crippen LogP contribution in [0.15, 0.2) is 89.1 Å². The molecule has 0 saturated carbocycles. The van der Waals surface area contributed by atoms with Crippen LogP contribution in [-0.4, -0.2) is 40.3 Å². The summed E-state index contributed by atoms with van der Waals surface area (Å²) in [4.78, 5) is 4.71. The summed E-state index contributed by atoms with van der Waals surface area (Å²) in [6, 6.07) is 24.6. The number of aromatic hydroxyl groups is 1. The first-order valence-corrected chi connectivity index (χ1v) is 14.2. The van der Waals surface area contributed by atoms with Gasteiger partial charge in [-0.15, -0.1) is 11.3 Å². The van der Waals surface area contributed by atoms with Gasteiger partial charge in [-0.1, -0.05) is 60.7 Å². The van der Waals surface area contributed by atoms with Gasteiger partial charge < -0.3 is 10.5 Å². The molecule has 37 heavy (non-hydrogen) atoms. The Bertz CT molecular complexity index is 1700. The molecule has 0 aliphatic carbocycles. The number of sulfone groups is 1. The number of thiazole rings is 1. The Balaban J connectivity index is 1.62. The van der Waals surface area contributed by atoms with Crippen molar-refractivity contribution in [2.45, 2.75) is 18.2 Å². The number of rotatable bonds is 7. The molecule has 3 aromatic carbocycles. The van der Waals surface area contributed by atoms with Crippen LogP contribution in [0.3, 0.4) is 0 Å². The van der Waals surface area contributed by atoms with E-state index < -0.39 is 9.84 Å². The lowest BCUT2D eigenvalue weighted by Crippen LogP contribution is -1.98. The Morgan fingerprint density at radius 3 is 2.30 bits per heavy atom. The van der Waals surface area contributed by atoms with Crippen LogP contribution in [0.2, 0.25) is 0 Å². The van der Waals surface area contributed by atoms with Crippen molar-refractivity contribution in [1.29, 1.82) is 5.41 Å². The second-order valence-corrected chi connectivity index (χ2v) is 11.6. The Morgan fingerprint density at radius 2 is 1.65 bits per heavy atom. The minimum Gasteiger partial charge on any atom is -0.493 e. The van der Waals surface area contributed by atoms with Crippen LogP contribution in [0.25, 0.3) is 27.5 Å². The molecule has 0 unspecified atom stereocenters. The fourth-order valence-electron chi connectivity index (χ4n) is 4.04. The third-order valence-corrected chi connectivity index (χ3v) is 7.93. The molecule has 0 fully saturated rings. The van der Waals surface area contributed by atoms with Crippen molar-refractivity contribution in [3.63, 3.8) is 0 Å². The third-order valence-electron chi connectivity index (χ3n) is 5.99. The zero-order chi connectivity index (χ0) is 26.2. The summed E-state index contributed by atoms with van der Waals surface area (Å²) in [5, 5.41) is 26.2. The van der Waals surface area contributed by atoms with Crippen LogP contribution in [0.5, 0.6) is 5.88 Å². The Hall–Kier alpha value is -4.08. The lowest BCUT2D eigenvalue weighted by atomic mass is 9.98. The molecule has 0 spiro atoms. The fraction of sp³-hybridized carbons (Fsp3) is 0.107. The van der Waals surface area contributed by atoms with Crippen molar-refractivity contribution in [2.24, 2.45) is 0 Å². The van der Waals surface area contributed by atoms with Gasteiger partial charge in [0.25, 0.3) is 0 Å². The summed E-state index contributed by atoms with van der Waals surface area (Å²) < 4.78 is 25.2. The second-order valence-electron chi connectivity index (χ2n) is 8.74. The van der Waals surface area contributed by atoms with E-state index in [0.717, 1.165) is 22.3 Å². The van der Waals surface area contributed by atoms with Crippen LogP contribution in [0, 0.1) is 5.41 Å². The van der Waals surface area contributed by atoms with Crippen LogP contribution in [0.1, 0.15) is 23.7 Å². The van der Waals surface area contributed by atoms with E-state index in [2.05, 4.69) is 4.98 Å². The lowest BCUT2D eigenvalue weighted by Gasteiger charge is -2.07. The van der Waals surface area contributed by atoms with Gasteiger partial charge in [-0.3, -0.25) is 0 Å². The van der Waals surface area contributed by atoms with Gasteiger partial charge in [0.15, 0.2) is 9.84 Å². The number of hydrogen-bond donors (Lipinski definition) is 2. The van der Waals surface area contributed by atoms with E-state index in [0.29, 0.717) is 34.2 Å². The van der Waals surface area contributed by atoms with E-state index >= 15 is 0 Å². The molecule has 0 radical (unpaired) electrons. The Kier molecular flexibility index (Phi) is 6.49. The second kappa shape index (κ2) is 9.76. The first kappa shape index (κ1) is 24.6. The van der Waals surface area contributed by atoms with Crippen molar-refractivity contribution < 1.29 is 13.5 Å². The highest BCUT2D eigenvalue weighted by Gasteiger charge is 2.22. The predicted octanol–water partition coefficient (Wildman–Crippen LogP) is 5.75. The van der Waals surface area contributed by atoms with Gasteiger partial charge in [0.05, 0.1) is 16.3 Å². The zero-order valence-corrected chi connectivity index (χ0v) is 21.8. The van der Waals surface area contributed by atoms with Gasteiger partial charge in [-0.25, -0.2) is 13.4 Å². The minimum absolute atomic E-state index is 0.0455. The van der Waals surface area contributed by atoms with Gasteiger partial charge in [-0.05, 0) is 41.8 Å².